The molecule has 1 N–H and O–H groups in total. The average molecular weight is 310 g/mol. The summed E-state index contributed by atoms with van der Waals surface area (Å²) in [5, 5.41) is 6.94. The molecule has 0 bridgehead atoms. The third-order valence-electron chi connectivity index (χ3n) is 3.40. The van der Waals surface area contributed by atoms with Gasteiger partial charge in [0.25, 0.3) is 0 Å². The second-order valence-electron chi connectivity index (χ2n) is 4.85. The number of hydrogen-bond acceptors (Lipinski definition) is 5. The SMILES string of the molecule is O=S1(=O)CCCC(n2c(-c3ccccn3)n[nH]c2=S)C1. The lowest BCUT2D eigenvalue weighted by molar-refractivity contribution is 0.469. The van der Waals surface area contributed by atoms with Gasteiger partial charge in [-0.2, -0.15) is 5.10 Å². The Kier molecular flexibility index (Phi) is 3.43. The number of hydrogen-bond donors (Lipinski definition) is 1. The molecule has 0 saturated carbocycles. The zero-order chi connectivity index (χ0) is 14.2. The van der Waals surface area contributed by atoms with Crippen molar-refractivity contribution in [3.63, 3.8) is 0 Å². The Morgan fingerprint density at radius 1 is 1.40 bits per heavy atom. The van der Waals surface area contributed by atoms with Crippen LogP contribution in [0.15, 0.2) is 24.4 Å². The number of H-pyrrole nitrogens is 1. The predicted molar refractivity (Wildman–Crippen MR) is 77.6 cm³/mol. The summed E-state index contributed by atoms with van der Waals surface area (Å²) in [6, 6.07) is 5.35. The van der Waals surface area contributed by atoms with Crippen LogP contribution < -0.4 is 0 Å². The first-order chi connectivity index (χ1) is 9.57. The molecule has 106 valence electrons. The zero-order valence-electron chi connectivity index (χ0n) is 10.7. The molecule has 0 amide bonds. The summed E-state index contributed by atoms with van der Waals surface area (Å²) in [5.74, 6) is 0.964. The summed E-state index contributed by atoms with van der Waals surface area (Å²) in [6.45, 7) is 0. The van der Waals surface area contributed by atoms with E-state index >= 15 is 0 Å². The molecule has 20 heavy (non-hydrogen) atoms. The van der Waals surface area contributed by atoms with E-state index in [-0.39, 0.29) is 17.5 Å². The summed E-state index contributed by atoms with van der Waals surface area (Å²) in [4.78, 5) is 4.26. The summed E-state index contributed by atoms with van der Waals surface area (Å²) >= 11 is 5.25. The van der Waals surface area contributed by atoms with Gasteiger partial charge in [-0.15, -0.1) is 0 Å². The van der Waals surface area contributed by atoms with E-state index in [4.69, 9.17) is 12.2 Å². The lowest BCUT2D eigenvalue weighted by atomic mass is 10.2. The van der Waals surface area contributed by atoms with Crippen molar-refractivity contribution in [3.05, 3.63) is 29.2 Å². The van der Waals surface area contributed by atoms with Crippen molar-refractivity contribution >= 4 is 22.1 Å². The molecular formula is C12H14N4O2S2. The smallest absolute Gasteiger partial charge is 0.195 e. The molecular weight excluding hydrogens is 296 g/mol. The number of sulfone groups is 1. The van der Waals surface area contributed by atoms with Crippen LogP contribution in [0.5, 0.6) is 0 Å². The quantitative estimate of drug-likeness (QED) is 0.855. The van der Waals surface area contributed by atoms with Gasteiger partial charge in [-0.3, -0.25) is 14.6 Å². The van der Waals surface area contributed by atoms with Crippen LogP contribution in [0.4, 0.5) is 0 Å². The van der Waals surface area contributed by atoms with Crippen molar-refractivity contribution in [2.24, 2.45) is 0 Å². The van der Waals surface area contributed by atoms with Gasteiger partial charge in [0.15, 0.2) is 20.4 Å². The van der Waals surface area contributed by atoms with E-state index in [1.165, 1.54) is 0 Å². The first kappa shape index (κ1) is 13.4. The normalized spacial score (nSPS) is 21.7. The Morgan fingerprint density at radius 3 is 2.95 bits per heavy atom. The molecule has 0 aromatic carbocycles. The summed E-state index contributed by atoms with van der Waals surface area (Å²) in [7, 11) is -3.00. The molecule has 1 unspecified atom stereocenters. The molecule has 3 heterocycles. The minimum absolute atomic E-state index is 0.112. The monoisotopic (exact) mass is 310 g/mol. The molecule has 2 aromatic heterocycles. The molecule has 1 aliphatic rings. The highest BCUT2D eigenvalue weighted by Crippen LogP contribution is 2.27. The lowest BCUT2D eigenvalue weighted by Gasteiger charge is -2.24. The van der Waals surface area contributed by atoms with E-state index in [1.54, 1.807) is 10.8 Å². The topological polar surface area (TPSA) is 80.6 Å². The van der Waals surface area contributed by atoms with Gasteiger partial charge >= 0.3 is 0 Å². The fraction of sp³-hybridized carbons (Fsp3) is 0.417. The van der Waals surface area contributed by atoms with Gasteiger partial charge in [-0.05, 0) is 37.2 Å². The van der Waals surface area contributed by atoms with Crippen LogP contribution in [0.25, 0.3) is 11.5 Å². The van der Waals surface area contributed by atoms with E-state index in [1.807, 2.05) is 18.2 Å². The van der Waals surface area contributed by atoms with Crippen LogP contribution in [-0.2, 0) is 9.84 Å². The number of aromatic amines is 1. The van der Waals surface area contributed by atoms with Gasteiger partial charge in [0.2, 0.25) is 0 Å². The standard InChI is InChI=1S/C12H14N4O2S2/c17-20(18)7-3-4-9(8-20)16-11(14-15-12(16)19)10-5-1-2-6-13-10/h1-2,5-6,9H,3-4,7-8H2,(H,15,19). The molecule has 1 fully saturated rings. The molecule has 1 aliphatic heterocycles. The van der Waals surface area contributed by atoms with Crippen molar-refractivity contribution in [2.75, 3.05) is 11.5 Å². The molecule has 6 nitrogen and oxygen atoms in total. The van der Waals surface area contributed by atoms with Crippen LogP contribution in [0.3, 0.4) is 0 Å². The largest absolute Gasteiger partial charge is 0.295 e. The fourth-order valence-corrected chi connectivity index (χ4v) is 4.48. The molecule has 1 atom stereocenters. The predicted octanol–water partition coefficient (Wildman–Crippen LogP) is 1.75. The van der Waals surface area contributed by atoms with Gasteiger partial charge in [0.05, 0.1) is 17.5 Å². The summed E-state index contributed by atoms with van der Waals surface area (Å²) in [6.07, 6.45) is 3.11. The summed E-state index contributed by atoms with van der Waals surface area (Å²) in [5.41, 5.74) is 0.683. The zero-order valence-corrected chi connectivity index (χ0v) is 12.3. The molecule has 2 aromatic rings. The molecule has 0 spiro atoms. The highest BCUT2D eigenvalue weighted by molar-refractivity contribution is 7.91. The molecule has 0 radical (unpaired) electrons. The highest BCUT2D eigenvalue weighted by atomic mass is 32.2. The number of pyridine rings is 1. The van der Waals surface area contributed by atoms with Gasteiger partial charge < -0.3 is 0 Å². The maximum Gasteiger partial charge on any atom is 0.195 e. The second-order valence-corrected chi connectivity index (χ2v) is 7.46. The number of nitrogens with one attached hydrogen (secondary N) is 1. The van der Waals surface area contributed by atoms with E-state index in [9.17, 15) is 8.42 Å². The van der Waals surface area contributed by atoms with Crippen molar-refractivity contribution in [1.29, 1.82) is 0 Å². The minimum Gasteiger partial charge on any atom is -0.295 e. The lowest BCUT2D eigenvalue weighted by Crippen LogP contribution is -2.28. The Hall–Kier alpha value is -1.54. The van der Waals surface area contributed by atoms with E-state index in [0.29, 0.717) is 22.7 Å². The molecule has 1 saturated heterocycles. The van der Waals surface area contributed by atoms with E-state index in [2.05, 4.69) is 15.2 Å². The Balaban J connectivity index is 2.06. The first-order valence-electron chi connectivity index (χ1n) is 6.35. The van der Waals surface area contributed by atoms with Gasteiger partial charge in [0.1, 0.15) is 5.69 Å². The second kappa shape index (κ2) is 5.10. The third kappa shape index (κ3) is 2.53. The van der Waals surface area contributed by atoms with E-state index in [0.717, 1.165) is 6.42 Å². The molecule has 3 rings (SSSR count). The maximum absolute atomic E-state index is 11.8. The average Bonchev–Trinajstić information content (AvgIpc) is 2.80. The van der Waals surface area contributed by atoms with Crippen molar-refractivity contribution in [3.8, 4) is 11.5 Å². The van der Waals surface area contributed by atoms with Gasteiger partial charge in [-0.1, -0.05) is 6.07 Å². The molecule has 0 aliphatic carbocycles. The Labute approximate surface area is 121 Å². The van der Waals surface area contributed by atoms with Crippen LogP contribution in [0, 0.1) is 4.77 Å². The number of aromatic nitrogens is 4. The fourth-order valence-electron chi connectivity index (χ4n) is 2.52. The third-order valence-corrected chi connectivity index (χ3v) is 5.49. The number of nitrogens with zero attached hydrogens (tertiary/aromatic N) is 3. The first-order valence-corrected chi connectivity index (χ1v) is 8.58. The van der Waals surface area contributed by atoms with Crippen LogP contribution in [-0.4, -0.2) is 39.7 Å². The highest BCUT2D eigenvalue weighted by Gasteiger charge is 2.28. The maximum atomic E-state index is 11.8. The van der Waals surface area contributed by atoms with Crippen LogP contribution in [0.1, 0.15) is 18.9 Å². The Morgan fingerprint density at radius 2 is 2.25 bits per heavy atom. The Bertz CT molecular complexity index is 764. The van der Waals surface area contributed by atoms with Crippen LogP contribution in [0.2, 0.25) is 0 Å². The number of rotatable bonds is 2. The van der Waals surface area contributed by atoms with Crippen molar-refractivity contribution < 1.29 is 8.42 Å². The summed E-state index contributed by atoms with van der Waals surface area (Å²) < 4.78 is 25.9. The minimum atomic E-state index is -3.00. The van der Waals surface area contributed by atoms with E-state index < -0.39 is 9.84 Å². The van der Waals surface area contributed by atoms with Gasteiger partial charge in [-0.25, -0.2) is 8.42 Å². The van der Waals surface area contributed by atoms with Crippen LogP contribution >= 0.6 is 12.2 Å². The van der Waals surface area contributed by atoms with Crippen molar-refractivity contribution in [2.45, 2.75) is 18.9 Å². The molecule has 8 heteroatoms. The van der Waals surface area contributed by atoms with Crippen molar-refractivity contribution in [1.82, 2.24) is 19.7 Å². The van der Waals surface area contributed by atoms with Gasteiger partial charge in [0, 0.05) is 6.20 Å².